The van der Waals surface area contributed by atoms with E-state index in [4.69, 9.17) is 0 Å². The van der Waals surface area contributed by atoms with Gasteiger partial charge in [0.1, 0.15) is 5.01 Å². The fraction of sp³-hybridized carbons (Fsp3) is 0.474. The molecule has 0 spiro atoms. The van der Waals surface area contributed by atoms with Crippen LogP contribution in [-0.2, 0) is 22.4 Å². The van der Waals surface area contributed by atoms with Gasteiger partial charge in [0, 0.05) is 25.4 Å². The van der Waals surface area contributed by atoms with Crippen LogP contribution in [0.4, 0.5) is 5.13 Å². The zero-order chi connectivity index (χ0) is 18.5. The van der Waals surface area contributed by atoms with Crippen molar-refractivity contribution in [3.8, 4) is 0 Å². The molecule has 3 rings (SSSR count). The van der Waals surface area contributed by atoms with E-state index < -0.39 is 0 Å². The van der Waals surface area contributed by atoms with E-state index in [1.807, 2.05) is 32.0 Å². The van der Waals surface area contributed by atoms with E-state index in [9.17, 15) is 9.59 Å². The van der Waals surface area contributed by atoms with Gasteiger partial charge in [-0.15, -0.1) is 10.2 Å². The van der Waals surface area contributed by atoms with Crippen LogP contribution in [-0.4, -0.2) is 39.5 Å². The Morgan fingerprint density at radius 1 is 1.27 bits per heavy atom. The first-order valence-electron chi connectivity index (χ1n) is 8.99. The van der Waals surface area contributed by atoms with Crippen molar-refractivity contribution in [2.75, 3.05) is 11.9 Å². The Bertz CT molecular complexity index is 760. The van der Waals surface area contributed by atoms with Gasteiger partial charge < -0.3 is 10.2 Å². The van der Waals surface area contributed by atoms with Crippen LogP contribution in [0, 0.1) is 5.92 Å². The fourth-order valence-electron chi connectivity index (χ4n) is 3.11. The number of hydrogen-bond acceptors (Lipinski definition) is 5. The van der Waals surface area contributed by atoms with Gasteiger partial charge >= 0.3 is 0 Å². The third-order valence-corrected chi connectivity index (χ3v) is 5.45. The summed E-state index contributed by atoms with van der Waals surface area (Å²) in [6.45, 7) is 4.40. The number of nitrogens with zero attached hydrogens (tertiary/aromatic N) is 3. The largest absolute Gasteiger partial charge is 0.339 e. The quantitative estimate of drug-likeness (QED) is 0.811. The minimum absolute atomic E-state index is 0.0408. The third kappa shape index (κ3) is 4.66. The van der Waals surface area contributed by atoms with Crippen molar-refractivity contribution in [3.63, 3.8) is 0 Å². The molecule has 1 aliphatic heterocycles. The maximum atomic E-state index is 12.4. The van der Waals surface area contributed by atoms with E-state index in [0.717, 1.165) is 24.3 Å². The van der Waals surface area contributed by atoms with E-state index in [2.05, 4.69) is 27.6 Å². The van der Waals surface area contributed by atoms with Gasteiger partial charge in [0.2, 0.25) is 16.9 Å². The van der Waals surface area contributed by atoms with Crippen LogP contribution in [0.5, 0.6) is 0 Å². The molecule has 1 atom stereocenters. The van der Waals surface area contributed by atoms with Gasteiger partial charge in [-0.05, 0) is 32.3 Å². The molecule has 0 radical (unpaired) electrons. The minimum atomic E-state index is -0.310. The molecule has 1 saturated heterocycles. The molecule has 2 heterocycles. The van der Waals surface area contributed by atoms with Gasteiger partial charge in [0.05, 0.1) is 5.92 Å². The maximum Gasteiger partial charge on any atom is 0.231 e. The molecule has 1 fully saturated rings. The zero-order valence-electron chi connectivity index (χ0n) is 15.1. The lowest BCUT2D eigenvalue weighted by molar-refractivity contribution is -0.129. The molecule has 1 aromatic heterocycles. The lowest BCUT2D eigenvalue weighted by Crippen LogP contribution is -2.33. The van der Waals surface area contributed by atoms with Gasteiger partial charge in [-0.2, -0.15) is 0 Å². The number of benzene rings is 1. The van der Waals surface area contributed by atoms with Crippen LogP contribution < -0.4 is 5.32 Å². The molecule has 2 amide bonds. The molecular formula is C19H24N4O2S. The Morgan fingerprint density at radius 2 is 2.04 bits per heavy atom. The average Bonchev–Trinajstić information content (AvgIpc) is 3.22. The first kappa shape index (κ1) is 18.5. The summed E-state index contributed by atoms with van der Waals surface area (Å²) in [5, 5.41) is 12.5. The number of aromatic nitrogens is 2. The molecular weight excluding hydrogens is 348 g/mol. The van der Waals surface area contributed by atoms with E-state index in [-0.39, 0.29) is 30.2 Å². The molecule has 26 heavy (non-hydrogen) atoms. The summed E-state index contributed by atoms with van der Waals surface area (Å²) in [6.07, 6.45) is 3.10. The van der Waals surface area contributed by atoms with E-state index in [1.165, 1.54) is 16.9 Å². The number of carbonyl (C=O) groups is 2. The summed E-state index contributed by atoms with van der Waals surface area (Å²) < 4.78 is 0. The van der Waals surface area contributed by atoms with E-state index >= 15 is 0 Å². The number of amides is 2. The summed E-state index contributed by atoms with van der Waals surface area (Å²) in [6, 6.07) is 10.5. The topological polar surface area (TPSA) is 75.2 Å². The lowest BCUT2D eigenvalue weighted by atomic mass is 10.1. The van der Waals surface area contributed by atoms with Crippen molar-refractivity contribution in [3.05, 3.63) is 40.9 Å². The van der Waals surface area contributed by atoms with Crippen LogP contribution in [0.25, 0.3) is 0 Å². The second-order valence-electron chi connectivity index (χ2n) is 6.87. The first-order valence-corrected chi connectivity index (χ1v) is 9.81. The molecule has 1 aromatic carbocycles. The molecule has 7 heteroatoms. The maximum absolute atomic E-state index is 12.4. The number of aryl methyl sites for hydroxylation is 2. The number of anilines is 1. The molecule has 1 aliphatic rings. The standard InChI is InChI=1S/C19H24N4O2S/c1-13(2)23-12-15(11-17(23)24)18(25)20-19-22-21-16(26-19)10-6-9-14-7-4-3-5-8-14/h3-5,7-8,13,15H,6,9-12H2,1-2H3,(H,20,22,25)/t15-/m0/s1. The van der Waals surface area contributed by atoms with E-state index in [1.54, 1.807) is 4.90 Å². The van der Waals surface area contributed by atoms with Gasteiger partial charge in [0.25, 0.3) is 0 Å². The Labute approximate surface area is 157 Å². The number of hydrogen-bond donors (Lipinski definition) is 1. The highest BCUT2D eigenvalue weighted by Gasteiger charge is 2.35. The monoisotopic (exact) mass is 372 g/mol. The summed E-state index contributed by atoms with van der Waals surface area (Å²) in [7, 11) is 0. The van der Waals surface area contributed by atoms with Gasteiger partial charge in [-0.3, -0.25) is 9.59 Å². The summed E-state index contributed by atoms with van der Waals surface area (Å²) in [5.74, 6) is -0.414. The molecule has 6 nitrogen and oxygen atoms in total. The van der Waals surface area contributed by atoms with Crippen molar-refractivity contribution in [1.29, 1.82) is 0 Å². The summed E-state index contributed by atoms with van der Waals surface area (Å²) >= 11 is 1.41. The molecule has 0 aliphatic carbocycles. The minimum Gasteiger partial charge on any atom is -0.339 e. The molecule has 1 N–H and O–H groups in total. The molecule has 0 unspecified atom stereocenters. The van der Waals surface area contributed by atoms with Crippen LogP contribution in [0.1, 0.15) is 37.3 Å². The fourth-order valence-corrected chi connectivity index (χ4v) is 3.89. The van der Waals surface area contributed by atoms with Gasteiger partial charge in [-0.25, -0.2) is 0 Å². The molecule has 2 aromatic rings. The highest BCUT2D eigenvalue weighted by molar-refractivity contribution is 7.15. The first-order chi connectivity index (χ1) is 12.5. The van der Waals surface area contributed by atoms with Gasteiger partial charge in [-0.1, -0.05) is 41.7 Å². The van der Waals surface area contributed by atoms with Crippen molar-refractivity contribution in [2.45, 2.75) is 45.6 Å². The second kappa shape index (κ2) is 8.40. The molecule has 0 saturated carbocycles. The Morgan fingerprint density at radius 3 is 2.73 bits per heavy atom. The number of nitrogens with one attached hydrogen (secondary N) is 1. The van der Waals surface area contributed by atoms with Crippen molar-refractivity contribution >= 4 is 28.3 Å². The van der Waals surface area contributed by atoms with Crippen molar-refractivity contribution < 1.29 is 9.59 Å². The number of rotatable bonds is 7. The second-order valence-corrected chi connectivity index (χ2v) is 7.93. The van der Waals surface area contributed by atoms with Crippen LogP contribution in [0.15, 0.2) is 30.3 Å². The lowest BCUT2D eigenvalue weighted by Gasteiger charge is -2.20. The molecule has 138 valence electrons. The van der Waals surface area contributed by atoms with Crippen LogP contribution >= 0.6 is 11.3 Å². The van der Waals surface area contributed by atoms with E-state index in [0.29, 0.717) is 11.7 Å². The Hall–Kier alpha value is -2.28. The normalized spacial score (nSPS) is 17.1. The highest BCUT2D eigenvalue weighted by atomic mass is 32.1. The van der Waals surface area contributed by atoms with Crippen LogP contribution in [0.3, 0.4) is 0 Å². The van der Waals surface area contributed by atoms with Crippen LogP contribution in [0.2, 0.25) is 0 Å². The van der Waals surface area contributed by atoms with Crippen molar-refractivity contribution in [1.82, 2.24) is 15.1 Å². The molecule has 0 bridgehead atoms. The number of likely N-dealkylation sites (tertiary alicyclic amines) is 1. The highest BCUT2D eigenvalue weighted by Crippen LogP contribution is 2.23. The third-order valence-electron chi connectivity index (χ3n) is 4.55. The summed E-state index contributed by atoms with van der Waals surface area (Å²) in [5.41, 5.74) is 1.31. The van der Waals surface area contributed by atoms with Gasteiger partial charge in [0.15, 0.2) is 0 Å². The Balaban J connectivity index is 1.47. The Kier molecular flexibility index (Phi) is 5.98. The summed E-state index contributed by atoms with van der Waals surface area (Å²) in [4.78, 5) is 26.1. The van der Waals surface area contributed by atoms with Crippen molar-refractivity contribution in [2.24, 2.45) is 5.92 Å². The predicted octanol–water partition coefficient (Wildman–Crippen LogP) is 2.91. The SMILES string of the molecule is CC(C)N1C[C@@H](C(=O)Nc2nnc(CCCc3ccccc3)s2)CC1=O. The zero-order valence-corrected chi connectivity index (χ0v) is 16.0. The smallest absolute Gasteiger partial charge is 0.231 e. The number of carbonyl (C=O) groups excluding carboxylic acids is 2. The predicted molar refractivity (Wildman–Crippen MR) is 102 cm³/mol. The average molecular weight is 372 g/mol.